The molecule has 42 heavy (non-hydrogen) atoms. The summed E-state index contributed by atoms with van der Waals surface area (Å²) in [6.45, 7) is 0.345. The minimum Gasteiger partial charge on any atom is -0.495 e. The van der Waals surface area contributed by atoms with Crippen LogP contribution in [0, 0.1) is 5.92 Å². The largest absolute Gasteiger partial charge is 0.495 e. The van der Waals surface area contributed by atoms with Crippen molar-refractivity contribution in [3.63, 3.8) is 0 Å². The second-order valence-electron chi connectivity index (χ2n) is 10.7. The fraction of sp³-hybridized carbons (Fsp3) is 0.344. The van der Waals surface area contributed by atoms with Crippen LogP contribution in [0.25, 0.3) is 0 Å². The van der Waals surface area contributed by atoms with Crippen LogP contribution < -0.4 is 20.1 Å². The van der Waals surface area contributed by atoms with E-state index in [9.17, 15) is 14.4 Å². The zero-order chi connectivity index (χ0) is 29.6. The summed E-state index contributed by atoms with van der Waals surface area (Å²) >= 11 is 6.14. The number of carboxylic acids is 1. The second kappa shape index (κ2) is 13.2. The number of urea groups is 1. The molecule has 2 fully saturated rings. The number of amides is 3. The van der Waals surface area contributed by atoms with Gasteiger partial charge in [0.25, 0.3) is 0 Å². The van der Waals surface area contributed by atoms with Gasteiger partial charge >= 0.3 is 12.0 Å². The third-order valence-electron chi connectivity index (χ3n) is 8.02. The molecule has 1 heterocycles. The predicted octanol–water partition coefficient (Wildman–Crippen LogP) is 6.47. The Balaban J connectivity index is 1.26. The minimum atomic E-state index is -0.987. The number of likely N-dealkylation sites (tertiary alicyclic amines) is 1. The molecule has 9 nitrogen and oxygen atoms in total. The quantitative estimate of drug-likeness (QED) is 0.262. The highest BCUT2D eigenvalue weighted by Crippen LogP contribution is 2.40. The first kappa shape index (κ1) is 29.3. The molecule has 3 amide bonds. The molecule has 1 saturated carbocycles. The first-order chi connectivity index (χ1) is 20.3. The Morgan fingerprint density at radius 1 is 0.976 bits per heavy atom. The molecule has 2 unspecified atom stereocenters. The van der Waals surface area contributed by atoms with Gasteiger partial charge in [-0.1, -0.05) is 42.6 Å². The van der Waals surface area contributed by atoms with E-state index in [0.29, 0.717) is 40.4 Å². The van der Waals surface area contributed by atoms with Crippen molar-refractivity contribution in [2.45, 2.75) is 50.6 Å². The summed E-state index contributed by atoms with van der Waals surface area (Å²) < 4.78 is 11.6. The van der Waals surface area contributed by atoms with Crippen molar-refractivity contribution in [1.82, 2.24) is 4.90 Å². The lowest BCUT2D eigenvalue weighted by atomic mass is 9.84. The van der Waals surface area contributed by atoms with Crippen LogP contribution >= 0.6 is 11.6 Å². The molecular weight excluding hydrogens is 558 g/mol. The molecular formula is C32H34ClN3O6. The summed E-state index contributed by atoms with van der Waals surface area (Å²) in [6.07, 6.45) is 5.42. The number of carbonyl (C=O) groups excluding carboxylic acids is 2. The van der Waals surface area contributed by atoms with Crippen molar-refractivity contribution in [3.8, 4) is 11.5 Å². The van der Waals surface area contributed by atoms with Gasteiger partial charge in [-0.3, -0.25) is 4.79 Å². The van der Waals surface area contributed by atoms with Gasteiger partial charge in [0.15, 0.2) is 0 Å². The van der Waals surface area contributed by atoms with Crippen LogP contribution in [-0.2, 0) is 11.2 Å². The predicted molar refractivity (Wildman–Crippen MR) is 161 cm³/mol. The van der Waals surface area contributed by atoms with E-state index < -0.39 is 12.0 Å². The highest BCUT2D eigenvalue weighted by Gasteiger charge is 2.44. The molecule has 1 aliphatic carbocycles. The number of fused-ring (bicyclic) bond motifs is 1. The molecule has 3 aromatic carbocycles. The zero-order valence-corrected chi connectivity index (χ0v) is 24.1. The maximum Gasteiger partial charge on any atom is 0.335 e. The number of rotatable bonds is 9. The average molecular weight is 592 g/mol. The number of carbonyl (C=O) groups is 3. The number of carboxylic acid groups (broad SMARTS) is 1. The molecule has 1 aliphatic heterocycles. The summed E-state index contributed by atoms with van der Waals surface area (Å²) in [6, 6.07) is 18.2. The number of aromatic carboxylic acids is 1. The van der Waals surface area contributed by atoms with Crippen LogP contribution in [0.2, 0.25) is 5.02 Å². The van der Waals surface area contributed by atoms with Crippen LogP contribution in [0.3, 0.4) is 0 Å². The van der Waals surface area contributed by atoms with Crippen LogP contribution in [0.15, 0.2) is 66.7 Å². The second-order valence-corrected chi connectivity index (χ2v) is 11.1. The molecule has 10 heteroatoms. The summed E-state index contributed by atoms with van der Waals surface area (Å²) in [5.41, 5.74) is 1.92. The van der Waals surface area contributed by atoms with E-state index in [1.54, 1.807) is 48.5 Å². The maximum atomic E-state index is 13.8. The minimum absolute atomic E-state index is 0.0263. The van der Waals surface area contributed by atoms with Crippen LogP contribution in [0.4, 0.5) is 16.2 Å². The zero-order valence-electron chi connectivity index (χ0n) is 23.3. The molecule has 220 valence electrons. The van der Waals surface area contributed by atoms with Gasteiger partial charge in [0, 0.05) is 6.04 Å². The highest BCUT2D eigenvalue weighted by atomic mass is 35.5. The normalized spacial score (nSPS) is 19.5. The number of methoxy groups -OCH3 is 1. The lowest BCUT2D eigenvalue weighted by molar-refractivity contribution is -0.134. The first-order valence-corrected chi connectivity index (χ1v) is 14.5. The van der Waals surface area contributed by atoms with Crippen molar-refractivity contribution in [2.75, 3.05) is 24.4 Å². The van der Waals surface area contributed by atoms with E-state index in [4.69, 9.17) is 26.2 Å². The van der Waals surface area contributed by atoms with E-state index in [2.05, 4.69) is 10.6 Å². The number of ether oxygens (including phenoxy) is 2. The summed E-state index contributed by atoms with van der Waals surface area (Å²) in [7, 11) is 1.52. The Bertz CT molecular complexity index is 1450. The van der Waals surface area contributed by atoms with Crippen molar-refractivity contribution in [2.24, 2.45) is 5.92 Å². The fourth-order valence-electron chi connectivity index (χ4n) is 6.04. The molecule has 3 N–H and O–H groups in total. The van der Waals surface area contributed by atoms with E-state index >= 15 is 0 Å². The Morgan fingerprint density at radius 2 is 1.71 bits per heavy atom. The van der Waals surface area contributed by atoms with Crippen LogP contribution in [0.5, 0.6) is 11.5 Å². The molecule has 0 spiro atoms. The number of nitrogens with zero attached hydrogens (tertiary/aromatic N) is 1. The van der Waals surface area contributed by atoms with Gasteiger partial charge in [-0.05, 0) is 79.3 Å². The van der Waals surface area contributed by atoms with E-state index in [1.165, 1.54) is 25.7 Å². The number of para-hydroxylation sites is 1. The van der Waals surface area contributed by atoms with E-state index in [-0.39, 0.29) is 30.0 Å². The lowest BCUT2D eigenvalue weighted by Gasteiger charge is -2.34. The summed E-state index contributed by atoms with van der Waals surface area (Å²) in [4.78, 5) is 39.5. The molecule has 0 bridgehead atoms. The molecule has 2 aliphatic rings. The number of benzene rings is 3. The van der Waals surface area contributed by atoms with E-state index in [1.807, 2.05) is 11.0 Å². The molecule has 5 rings (SSSR count). The maximum absolute atomic E-state index is 13.8. The van der Waals surface area contributed by atoms with Crippen molar-refractivity contribution >= 4 is 40.9 Å². The van der Waals surface area contributed by atoms with Crippen molar-refractivity contribution in [3.05, 3.63) is 82.9 Å². The molecule has 3 aromatic rings. The van der Waals surface area contributed by atoms with Crippen molar-refractivity contribution < 1.29 is 29.0 Å². The van der Waals surface area contributed by atoms with Crippen LogP contribution in [0.1, 0.15) is 48.0 Å². The number of hydrogen-bond acceptors (Lipinski definition) is 5. The topological polar surface area (TPSA) is 117 Å². The van der Waals surface area contributed by atoms with Gasteiger partial charge in [0.1, 0.15) is 18.1 Å². The van der Waals surface area contributed by atoms with Gasteiger partial charge in [0.2, 0.25) is 5.91 Å². The smallest absolute Gasteiger partial charge is 0.335 e. The number of nitrogens with one attached hydrogen (secondary N) is 2. The Morgan fingerprint density at radius 3 is 2.45 bits per heavy atom. The number of halogens is 1. The van der Waals surface area contributed by atoms with Gasteiger partial charge in [-0.15, -0.1) is 0 Å². The van der Waals surface area contributed by atoms with Gasteiger partial charge in [0.05, 0.1) is 41.5 Å². The third-order valence-corrected chi connectivity index (χ3v) is 8.35. The van der Waals surface area contributed by atoms with E-state index in [0.717, 1.165) is 31.2 Å². The summed E-state index contributed by atoms with van der Waals surface area (Å²) in [5.74, 6) is 0.505. The SMILES string of the molecule is COc1cc(CC(=O)N2C3CCCCC3C[C@H]2COc2ccc(C(=O)O)cc2)ccc1NC(=O)Nc1ccccc1Cl. The Hall–Kier alpha value is -4.24. The first-order valence-electron chi connectivity index (χ1n) is 14.1. The lowest BCUT2D eigenvalue weighted by Crippen LogP contribution is -2.46. The number of anilines is 2. The highest BCUT2D eigenvalue weighted by molar-refractivity contribution is 6.33. The third kappa shape index (κ3) is 6.79. The van der Waals surface area contributed by atoms with Gasteiger partial charge in [-0.25, -0.2) is 9.59 Å². The Labute approximate surface area is 249 Å². The standard InChI is InChI=1S/C32H34ClN3O6/c1-41-29-16-20(10-15-27(29)35-32(40)34-26-8-4-3-7-25(26)33)17-30(37)36-23(18-22-6-2-5-9-28(22)36)19-42-24-13-11-21(12-14-24)31(38)39/h3-4,7-8,10-16,22-23,28H,2,5-6,9,17-19H2,1H3,(H,38,39)(H2,34,35,40)/t22?,23-,28?/m0/s1. The molecule has 3 atom stereocenters. The van der Waals surface area contributed by atoms with Crippen LogP contribution in [-0.4, -0.2) is 53.7 Å². The van der Waals surface area contributed by atoms with Crippen molar-refractivity contribution in [1.29, 1.82) is 0 Å². The monoisotopic (exact) mass is 591 g/mol. The Kier molecular flexibility index (Phi) is 9.17. The summed E-state index contributed by atoms with van der Waals surface area (Å²) in [5, 5.41) is 15.1. The average Bonchev–Trinajstić information content (AvgIpc) is 3.37. The molecule has 1 saturated heterocycles. The van der Waals surface area contributed by atoms with Gasteiger partial charge in [-0.2, -0.15) is 0 Å². The molecule has 0 radical (unpaired) electrons. The number of hydrogen-bond donors (Lipinski definition) is 3. The fourth-order valence-corrected chi connectivity index (χ4v) is 6.22. The van der Waals surface area contributed by atoms with Gasteiger partial charge < -0.3 is 30.1 Å². The molecule has 0 aromatic heterocycles.